The normalized spacial score (nSPS) is 18.1. The van der Waals surface area contributed by atoms with Crippen LogP contribution in [0.1, 0.15) is 52.1 Å². The Hall–Kier alpha value is -1.07. The van der Waals surface area contributed by atoms with E-state index < -0.39 is 5.60 Å². The summed E-state index contributed by atoms with van der Waals surface area (Å²) in [5, 5.41) is 10.8. The number of thiophene rings is 1. The number of hydrogen-bond donors (Lipinski definition) is 2. The van der Waals surface area contributed by atoms with Gasteiger partial charge in [0.2, 0.25) is 0 Å². The zero-order chi connectivity index (χ0) is 15.5. The van der Waals surface area contributed by atoms with Gasteiger partial charge in [0.1, 0.15) is 5.60 Å². The Kier molecular flexibility index (Phi) is 5.27. The zero-order valence-electron chi connectivity index (χ0n) is 13.3. The maximum atomic E-state index is 11.8. The van der Waals surface area contributed by atoms with Crippen LogP contribution in [0, 0.1) is 5.92 Å². The summed E-state index contributed by atoms with van der Waals surface area (Å²) in [5.74, 6) is 0.668. The van der Waals surface area contributed by atoms with Crippen LogP contribution in [0.4, 0.5) is 4.79 Å². The topological polar surface area (TPSA) is 50.4 Å². The predicted octanol–water partition coefficient (Wildman–Crippen LogP) is 3.70. The molecule has 2 unspecified atom stereocenters. The van der Waals surface area contributed by atoms with Crippen molar-refractivity contribution in [2.75, 3.05) is 6.54 Å². The number of alkyl carbamates (subject to hydrolysis) is 1. The van der Waals surface area contributed by atoms with E-state index in [4.69, 9.17) is 4.74 Å². The lowest BCUT2D eigenvalue weighted by atomic mass is 10.1. The van der Waals surface area contributed by atoms with Crippen LogP contribution in [0.15, 0.2) is 16.8 Å². The number of nitrogens with one attached hydrogen (secondary N) is 2. The molecule has 1 aliphatic rings. The van der Waals surface area contributed by atoms with Crippen LogP contribution in [-0.4, -0.2) is 24.3 Å². The summed E-state index contributed by atoms with van der Waals surface area (Å²) in [4.78, 5) is 11.8. The first kappa shape index (κ1) is 16.3. The van der Waals surface area contributed by atoms with E-state index in [-0.39, 0.29) is 6.09 Å². The fourth-order valence-electron chi connectivity index (χ4n) is 2.31. The van der Waals surface area contributed by atoms with Crippen molar-refractivity contribution in [1.82, 2.24) is 10.6 Å². The van der Waals surface area contributed by atoms with E-state index in [9.17, 15) is 4.79 Å². The molecule has 1 fully saturated rings. The number of hydrogen-bond acceptors (Lipinski definition) is 4. The molecule has 1 heterocycles. The van der Waals surface area contributed by atoms with E-state index in [2.05, 4.69) is 34.4 Å². The molecular formula is C16H26N2O2S. The molecule has 4 nitrogen and oxygen atoms in total. The summed E-state index contributed by atoms with van der Waals surface area (Å²) < 4.78 is 5.29. The third-order valence-corrected chi connectivity index (χ3v) is 4.26. The third-order valence-electron chi connectivity index (χ3n) is 3.56. The van der Waals surface area contributed by atoms with Crippen molar-refractivity contribution in [3.05, 3.63) is 22.4 Å². The lowest BCUT2D eigenvalue weighted by molar-refractivity contribution is 0.0520. The Morgan fingerprint density at radius 1 is 1.48 bits per heavy atom. The molecule has 5 heteroatoms. The van der Waals surface area contributed by atoms with Crippen LogP contribution in [0.3, 0.4) is 0 Å². The molecule has 0 aliphatic heterocycles. The summed E-state index contributed by atoms with van der Waals surface area (Å²) in [7, 11) is 0. The first-order chi connectivity index (χ1) is 9.85. The smallest absolute Gasteiger partial charge is 0.407 e. The molecule has 118 valence electrons. The van der Waals surface area contributed by atoms with E-state index in [1.54, 1.807) is 11.3 Å². The van der Waals surface area contributed by atoms with Crippen LogP contribution in [0.2, 0.25) is 0 Å². The Labute approximate surface area is 131 Å². The molecule has 1 aromatic heterocycles. The molecule has 0 spiro atoms. The van der Waals surface area contributed by atoms with Gasteiger partial charge in [-0.1, -0.05) is 0 Å². The molecule has 2 atom stereocenters. The molecule has 2 N–H and O–H groups in total. The van der Waals surface area contributed by atoms with E-state index >= 15 is 0 Å². The largest absolute Gasteiger partial charge is 0.444 e. The summed E-state index contributed by atoms with van der Waals surface area (Å²) in [6.45, 7) is 8.42. The summed E-state index contributed by atoms with van der Waals surface area (Å²) in [6.07, 6.45) is 2.15. The molecular weight excluding hydrogens is 284 g/mol. The average Bonchev–Trinajstić information content (AvgIpc) is 3.06. The second kappa shape index (κ2) is 6.79. The minimum absolute atomic E-state index is 0.308. The highest BCUT2D eigenvalue weighted by molar-refractivity contribution is 7.07. The van der Waals surface area contributed by atoms with Crippen molar-refractivity contribution >= 4 is 17.4 Å². The molecule has 21 heavy (non-hydrogen) atoms. The van der Waals surface area contributed by atoms with Gasteiger partial charge >= 0.3 is 6.09 Å². The van der Waals surface area contributed by atoms with E-state index in [0.717, 1.165) is 0 Å². The zero-order valence-corrected chi connectivity index (χ0v) is 14.1. The van der Waals surface area contributed by atoms with Crippen LogP contribution >= 0.6 is 11.3 Å². The highest BCUT2D eigenvalue weighted by atomic mass is 32.1. The fraction of sp³-hybridized carbons (Fsp3) is 0.688. The summed E-state index contributed by atoms with van der Waals surface area (Å²) in [5.41, 5.74) is 0.860. The van der Waals surface area contributed by atoms with Gasteiger partial charge < -0.3 is 15.4 Å². The van der Waals surface area contributed by atoms with Crippen molar-refractivity contribution in [2.24, 2.45) is 5.92 Å². The maximum Gasteiger partial charge on any atom is 0.407 e. The molecule has 0 aromatic carbocycles. The van der Waals surface area contributed by atoms with Crippen LogP contribution in [0.25, 0.3) is 0 Å². The monoisotopic (exact) mass is 310 g/mol. The first-order valence-corrected chi connectivity index (χ1v) is 8.54. The minimum Gasteiger partial charge on any atom is -0.444 e. The van der Waals surface area contributed by atoms with Crippen LogP contribution in [0.5, 0.6) is 0 Å². The van der Waals surface area contributed by atoms with Crippen LogP contribution in [-0.2, 0) is 4.74 Å². The summed E-state index contributed by atoms with van der Waals surface area (Å²) in [6, 6.07) is 2.77. The molecule has 1 saturated carbocycles. The number of carbonyl (C=O) groups is 1. The highest BCUT2D eigenvalue weighted by Gasteiger charge is 2.32. The molecule has 1 aromatic rings. The van der Waals surface area contributed by atoms with Crippen molar-refractivity contribution in [3.8, 4) is 0 Å². The van der Waals surface area contributed by atoms with Gasteiger partial charge in [0, 0.05) is 18.6 Å². The van der Waals surface area contributed by atoms with E-state index in [1.807, 2.05) is 20.8 Å². The van der Waals surface area contributed by atoms with Gasteiger partial charge in [0.15, 0.2) is 0 Å². The molecule has 2 rings (SSSR count). The SMILES string of the molecule is CC(NC(CNC(=O)OC(C)(C)C)C1CC1)c1ccsc1. The van der Waals surface area contributed by atoms with Crippen molar-refractivity contribution in [1.29, 1.82) is 0 Å². The lowest BCUT2D eigenvalue weighted by Gasteiger charge is -2.25. The molecule has 0 radical (unpaired) electrons. The first-order valence-electron chi connectivity index (χ1n) is 7.60. The fourth-order valence-corrected chi connectivity index (χ4v) is 3.06. The van der Waals surface area contributed by atoms with Gasteiger partial charge in [0.25, 0.3) is 0 Å². The van der Waals surface area contributed by atoms with Gasteiger partial charge in [-0.3, -0.25) is 0 Å². The van der Waals surface area contributed by atoms with Gasteiger partial charge in [-0.15, -0.1) is 0 Å². The second-order valence-electron chi connectivity index (χ2n) is 6.77. The maximum absolute atomic E-state index is 11.8. The number of rotatable bonds is 6. The third kappa shape index (κ3) is 5.67. The van der Waals surface area contributed by atoms with Gasteiger partial charge in [-0.05, 0) is 68.8 Å². The van der Waals surface area contributed by atoms with Gasteiger partial charge in [-0.2, -0.15) is 11.3 Å². The molecule has 0 saturated heterocycles. The van der Waals surface area contributed by atoms with E-state index in [1.165, 1.54) is 18.4 Å². The second-order valence-corrected chi connectivity index (χ2v) is 7.55. The lowest BCUT2D eigenvalue weighted by Crippen LogP contribution is -2.44. The molecule has 1 aliphatic carbocycles. The summed E-state index contributed by atoms with van der Waals surface area (Å²) >= 11 is 1.71. The highest BCUT2D eigenvalue weighted by Crippen LogP contribution is 2.33. The van der Waals surface area contributed by atoms with Crippen LogP contribution < -0.4 is 10.6 Å². The molecule has 0 bridgehead atoms. The molecule has 1 amide bonds. The van der Waals surface area contributed by atoms with E-state index in [0.29, 0.717) is 24.5 Å². The predicted molar refractivity (Wildman–Crippen MR) is 86.6 cm³/mol. The average molecular weight is 310 g/mol. The number of carbonyl (C=O) groups excluding carboxylic acids is 1. The van der Waals surface area contributed by atoms with Crippen molar-refractivity contribution < 1.29 is 9.53 Å². The standard InChI is InChI=1S/C16H26N2O2S/c1-11(13-7-8-21-10-13)18-14(12-5-6-12)9-17-15(19)20-16(2,3)4/h7-8,10-12,14,18H,5-6,9H2,1-4H3,(H,17,19). The Morgan fingerprint density at radius 3 is 2.71 bits per heavy atom. The van der Waals surface area contributed by atoms with Gasteiger partial charge in [-0.25, -0.2) is 4.79 Å². The Balaban J connectivity index is 1.81. The van der Waals surface area contributed by atoms with Crippen molar-refractivity contribution in [3.63, 3.8) is 0 Å². The Bertz CT molecular complexity index is 449. The minimum atomic E-state index is -0.448. The number of ether oxygens (including phenoxy) is 1. The van der Waals surface area contributed by atoms with Gasteiger partial charge in [0.05, 0.1) is 0 Å². The van der Waals surface area contributed by atoms with Crippen molar-refractivity contribution in [2.45, 2.75) is 58.2 Å². The Morgan fingerprint density at radius 2 is 2.19 bits per heavy atom. The quantitative estimate of drug-likeness (QED) is 0.842. The number of amides is 1.